The van der Waals surface area contributed by atoms with E-state index in [9.17, 15) is 4.39 Å². The van der Waals surface area contributed by atoms with E-state index >= 15 is 0 Å². The van der Waals surface area contributed by atoms with Crippen LogP contribution in [-0.4, -0.2) is 29.3 Å². The van der Waals surface area contributed by atoms with Gasteiger partial charge in [-0.15, -0.1) is 0 Å². The highest BCUT2D eigenvalue weighted by Gasteiger charge is 2.27. The summed E-state index contributed by atoms with van der Waals surface area (Å²) in [5, 5.41) is 4.62. The Morgan fingerprint density at radius 1 is 1.06 bits per heavy atom. The third-order valence-electron chi connectivity index (χ3n) is 5.64. The molecular formula is C24H23FN6. The first-order chi connectivity index (χ1) is 15.1. The minimum Gasteiger partial charge on any atom is -0.304 e. The van der Waals surface area contributed by atoms with E-state index in [2.05, 4.69) is 15.1 Å². The minimum atomic E-state index is -0.186. The number of hydrogen-bond donors (Lipinski definition) is 0. The fourth-order valence-corrected chi connectivity index (χ4v) is 4.14. The van der Waals surface area contributed by atoms with Crippen molar-refractivity contribution < 1.29 is 4.39 Å². The van der Waals surface area contributed by atoms with Crippen molar-refractivity contribution >= 4 is 12.2 Å². The molecule has 4 heterocycles. The van der Waals surface area contributed by atoms with Crippen LogP contribution in [0.15, 0.2) is 48.9 Å². The fourth-order valence-electron chi connectivity index (χ4n) is 4.14. The molecule has 0 radical (unpaired) electrons. The minimum absolute atomic E-state index is 0.0668. The quantitative estimate of drug-likeness (QED) is 0.485. The molecule has 1 aromatic carbocycles. The largest absolute Gasteiger partial charge is 0.304 e. The van der Waals surface area contributed by atoms with Crippen LogP contribution in [0, 0.1) is 19.7 Å². The second-order valence-electron chi connectivity index (χ2n) is 7.86. The van der Waals surface area contributed by atoms with Gasteiger partial charge >= 0.3 is 0 Å². The second kappa shape index (κ2) is 7.91. The number of imidazole rings is 1. The van der Waals surface area contributed by atoms with Crippen molar-refractivity contribution in [2.24, 2.45) is 0 Å². The van der Waals surface area contributed by atoms with Gasteiger partial charge in [-0.05, 0) is 62.6 Å². The van der Waals surface area contributed by atoms with Crippen LogP contribution in [-0.2, 0) is 6.54 Å². The molecule has 1 aliphatic rings. The van der Waals surface area contributed by atoms with Gasteiger partial charge in [0.05, 0.1) is 29.1 Å². The van der Waals surface area contributed by atoms with Crippen molar-refractivity contribution in [2.45, 2.75) is 39.2 Å². The number of fused-ring (bicyclic) bond motifs is 1. The summed E-state index contributed by atoms with van der Waals surface area (Å²) in [4.78, 5) is 13.7. The van der Waals surface area contributed by atoms with E-state index < -0.39 is 0 Å². The van der Waals surface area contributed by atoms with Gasteiger partial charge in [-0.1, -0.05) is 18.2 Å². The molecule has 4 aromatic rings. The van der Waals surface area contributed by atoms with Gasteiger partial charge in [0.15, 0.2) is 5.82 Å². The molecule has 5 rings (SSSR count). The number of halogens is 1. The van der Waals surface area contributed by atoms with Crippen molar-refractivity contribution in [1.29, 1.82) is 0 Å². The maximum atomic E-state index is 14.4. The highest BCUT2D eigenvalue weighted by Crippen LogP contribution is 2.33. The molecule has 31 heavy (non-hydrogen) atoms. The Balaban J connectivity index is 1.40. The van der Waals surface area contributed by atoms with Gasteiger partial charge in [0.2, 0.25) is 0 Å². The molecule has 0 bridgehead atoms. The molecule has 0 saturated carbocycles. The lowest BCUT2D eigenvalue weighted by atomic mass is 9.91. The van der Waals surface area contributed by atoms with E-state index in [1.54, 1.807) is 12.4 Å². The Kier molecular flexibility index (Phi) is 4.94. The number of aromatic nitrogens is 6. The highest BCUT2D eigenvalue weighted by molar-refractivity contribution is 5.65. The SMILES string of the molecule is Cc1cn(-c2ccc(/C=C/c3nc4n(n3)CCC[C@H]4c3ccccc3F)nc2C)cn1. The lowest BCUT2D eigenvalue weighted by Gasteiger charge is -2.22. The van der Waals surface area contributed by atoms with Crippen molar-refractivity contribution in [3.63, 3.8) is 0 Å². The average molecular weight is 414 g/mol. The summed E-state index contributed by atoms with van der Waals surface area (Å²) in [5.74, 6) is 1.19. The number of benzene rings is 1. The molecule has 0 N–H and O–H groups in total. The second-order valence-corrected chi connectivity index (χ2v) is 7.86. The van der Waals surface area contributed by atoms with Crippen LogP contribution in [0.1, 0.15) is 53.1 Å². The first kappa shape index (κ1) is 19.4. The molecular weight excluding hydrogens is 391 g/mol. The molecule has 1 aliphatic heterocycles. The van der Waals surface area contributed by atoms with Crippen LogP contribution in [0.3, 0.4) is 0 Å². The van der Waals surface area contributed by atoms with E-state index in [-0.39, 0.29) is 11.7 Å². The predicted molar refractivity (Wildman–Crippen MR) is 117 cm³/mol. The van der Waals surface area contributed by atoms with Crippen LogP contribution >= 0.6 is 0 Å². The Morgan fingerprint density at radius 3 is 2.71 bits per heavy atom. The monoisotopic (exact) mass is 414 g/mol. The summed E-state index contributed by atoms with van der Waals surface area (Å²) < 4.78 is 18.2. The smallest absolute Gasteiger partial charge is 0.174 e. The third-order valence-corrected chi connectivity index (χ3v) is 5.64. The zero-order valence-electron chi connectivity index (χ0n) is 17.5. The first-order valence-corrected chi connectivity index (χ1v) is 10.4. The van der Waals surface area contributed by atoms with Crippen LogP contribution in [0.5, 0.6) is 0 Å². The molecule has 0 saturated heterocycles. The summed E-state index contributed by atoms with van der Waals surface area (Å²) in [6.07, 6.45) is 9.38. The molecule has 7 heteroatoms. The predicted octanol–water partition coefficient (Wildman–Crippen LogP) is 4.71. The van der Waals surface area contributed by atoms with Gasteiger partial charge in [-0.2, -0.15) is 5.10 Å². The standard InChI is InChI=1S/C24H23FN6/c1-16-14-30(15-26-16)22-11-9-18(27-17(22)2)10-12-23-28-24-20(7-5-13-31(24)29-23)19-6-3-4-8-21(19)25/h3-4,6,8-12,14-15,20H,5,7,13H2,1-2H3/b12-10+/t20-/m0/s1. The zero-order valence-corrected chi connectivity index (χ0v) is 17.5. The summed E-state index contributed by atoms with van der Waals surface area (Å²) in [5.41, 5.74) is 4.40. The number of nitrogens with zero attached hydrogens (tertiary/aromatic N) is 6. The number of aryl methyl sites for hydroxylation is 3. The summed E-state index contributed by atoms with van der Waals surface area (Å²) >= 11 is 0. The van der Waals surface area contributed by atoms with Crippen molar-refractivity contribution in [3.05, 3.63) is 89.0 Å². The average Bonchev–Trinajstić information content (AvgIpc) is 3.38. The van der Waals surface area contributed by atoms with Gasteiger partial charge in [-0.25, -0.2) is 19.0 Å². The summed E-state index contributed by atoms with van der Waals surface area (Å²) in [6.45, 7) is 4.75. The first-order valence-electron chi connectivity index (χ1n) is 10.4. The Bertz CT molecular complexity index is 1270. The number of hydrogen-bond acceptors (Lipinski definition) is 4. The van der Waals surface area contributed by atoms with E-state index in [4.69, 9.17) is 4.98 Å². The lowest BCUT2D eigenvalue weighted by Crippen LogP contribution is -2.18. The van der Waals surface area contributed by atoms with E-state index in [1.165, 1.54) is 6.07 Å². The fraction of sp³-hybridized carbons (Fsp3) is 0.250. The van der Waals surface area contributed by atoms with Crippen LogP contribution in [0.25, 0.3) is 17.8 Å². The van der Waals surface area contributed by atoms with Crippen LogP contribution in [0.2, 0.25) is 0 Å². The van der Waals surface area contributed by atoms with E-state index in [0.29, 0.717) is 11.4 Å². The van der Waals surface area contributed by atoms with Gasteiger partial charge in [0, 0.05) is 18.7 Å². The molecule has 0 spiro atoms. The summed E-state index contributed by atoms with van der Waals surface area (Å²) in [7, 11) is 0. The molecule has 0 amide bonds. The molecule has 0 unspecified atom stereocenters. The Hall–Kier alpha value is -3.61. The summed E-state index contributed by atoms with van der Waals surface area (Å²) in [6, 6.07) is 10.9. The number of pyridine rings is 1. The van der Waals surface area contributed by atoms with Gasteiger partial charge in [0.25, 0.3) is 0 Å². The van der Waals surface area contributed by atoms with Crippen LogP contribution < -0.4 is 0 Å². The van der Waals surface area contributed by atoms with Crippen LogP contribution in [0.4, 0.5) is 4.39 Å². The molecule has 0 fully saturated rings. The molecule has 3 aromatic heterocycles. The maximum absolute atomic E-state index is 14.4. The zero-order chi connectivity index (χ0) is 21.4. The maximum Gasteiger partial charge on any atom is 0.174 e. The molecule has 156 valence electrons. The Labute approximate surface area is 180 Å². The van der Waals surface area contributed by atoms with Crippen molar-refractivity contribution in [2.75, 3.05) is 0 Å². The molecule has 6 nitrogen and oxygen atoms in total. The van der Waals surface area contributed by atoms with Gasteiger partial charge < -0.3 is 4.57 Å². The number of rotatable bonds is 4. The molecule has 0 aliphatic carbocycles. The topological polar surface area (TPSA) is 61.4 Å². The van der Waals surface area contributed by atoms with Crippen molar-refractivity contribution in [1.82, 2.24) is 29.3 Å². The Morgan fingerprint density at radius 2 is 1.94 bits per heavy atom. The van der Waals surface area contributed by atoms with E-state index in [0.717, 1.165) is 48.0 Å². The third kappa shape index (κ3) is 3.79. The van der Waals surface area contributed by atoms with Gasteiger partial charge in [0.1, 0.15) is 11.6 Å². The lowest BCUT2D eigenvalue weighted by molar-refractivity contribution is 0.436. The highest BCUT2D eigenvalue weighted by atomic mass is 19.1. The normalized spacial score (nSPS) is 16.0. The van der Waals surface area contributed by atoms with Gasteiger partial charge in [-0.3, -0.25) is 4.98 Å². The van der Waals surface area contributed by atoms with E-state index in [1.807, 2.05) is 65.7 Å². The van der Waals surface area contributed by atoms with Crippen molar-refractivity contribution in [3.8, 4) is 5.69 Å². The molecule has 1 atom stereocenters.